The molecule has 1 aliphatic rings. The highest BCUT2D eigenvalue weighted by molar-refractivity contribution is 5.82. The predicted octanol–water partition coefficient (Wildman–Crippen LogP) is 4.18. The van der Waals surface area contributed by atoms with Crippen molar-refractivity contribution in [1.82, 2.24) is 24.8 Å². The first kappa shape index (κ1) is 19.7. The lowest BCUT2D eigenvalue weighted by Gasteiger charge is -2.29. The summed E-state index contributed by atoms with van der Waals surface area (Å²) in [6, 6.07) is 20.9. The molecule has 3 aromatic heterocycles. The lowest BCUT2D eigenvalue weighted by atomic mass is 10.1. The lowest BCUT2D eigenvalue weighted by Crippen LogP contribution is -2.43. The molecule has 0 unspecified atom stereocenters. The molecule has 33 heavy (non-hydrogen) atoms. The standard InChI is InChI=1S/C26H25N7/c1-3-19-5-2-11-28-24(19)21(4-1)18-33-14-10-20-17-29-26(31-25(20)33)30-22-6-8-23(9-7-22)32-15-12-27-13-16-32/h1-11,14,17,27H,12-13,15-16,18H2,(H,29,30,31). The van der Waals surface area contributed by atoms with E-state index in [1.54, 1.807) is 0 Å². The van der Waals surface area contributed by atoms with Gasteiger partial charge >= 0.3 is 0 Å². The number of hydrogen-bond donors (Lipinski definition) is 2. The summed E-state index contributed by atoms with van der Waals surface area (Å²) in [5, 5.41) is 8.91. The van der Waals surface area contributed by atoms with E-state index in [2.05, 4.69) is 90.9 Å². The molecule has 1 saturated heterocycles. The summed E-state index contributed by atoms with van der Waals surface area (Å²) in [6.45, 7) is 4.84. The topological polar surface area (TPSA) is 70.9 Å². The molecular weight excluding hydrogens is 410 g/mol. The number of pyridine rings is 1. The van der Waals surface area contributed by atoms with Crippen LogP contribution < -0.4 is 15.5 Å². The number of rotatable bonds is 5. The summed E-state index contributed by atoms with van der Waals surface area (Å²) in [4.78, 5) is 16.3. The van der Waals surface area contributed by atoms with Gasteiger partial charge in [-0.1, -0.05) is 24.3 Å². The van der Waals surface area contributed by atoms with Crippen LogP contribution in [-0.4, -0.2) is 45.7 Å². The summed E-state index contributed by atoms with van der Waals surface area (Å²) in [7, 11) is 0. The maximum Gasteiger partial charge on any atom is 0.229 e. The average molecular weight is 436 g/mol. The highest BCUT2D eigenvalue weighted by Crippen LogP contribution is 2.23. The molecule has 2 aromatic carbocycles. The SMILES string of the molecule is c1cnc2c(Cn3ccc4cnc(Nc5ccc(N6CCNCC6)cc5)nc43)cccc2c1. The Morgan fingerprint density at radius 1 is 0.879 bits per heavy atom. The van der Waals surface area contributed by atoms with Crippen molar-refractivity contribution < 1.29 is 0 Å². The molecule has 164 valence electrons. The van der Waals surface area contributed by atoms with Gasteiger partial charge in [0, 0.05) is 66.9 Å². The van der Waals surface area contributed by atoms with Gasteiger partial charge in [0.15, 0.2) is 0 Å². The maximum absolute atomic E-state index is 4.82. The summed E-state index contributed by atoms with van der Waals surface area (Å²) in [5.41, 5.74) is 5.32. The number of piperazine rings is 1. The molecule has 1 aliphatic heterocycles. The zero-order valence-electron chi connectivity index (χ0n) is 18.3. The van der Waals surface area contributed by atoms with Crippen LogP contribution in [0.5, 0.6) is 0 Å². The maximum atomic E-state index is 4.82. The van der Waals surface area contributed by atoms with Gasteiger partial charge in [0.05, 0.1) is 12.1 Å². The van der Waals surface area contributed by atoms with E-state index in [0.29, 0.717) is 12.5 Å². The fraction of sp³-hybridized carbons (Fsp3) is 0.192. The van der Waals surface area contributed by atoms with Crippen molar-refractivity contribution in [2.75, 3.05) is 36.4 Å². The number of para-hydroxylation sites is 1. The van der Waals surface area contributed by atoms with Crippen molar-refractivity contribution in [2.45, 2.75) is 6.54 Å². The molecule has 0 bridgehead atoms. The smallest absolute Gasteiger partial charge is 0.229 e. The van der Waals surface area contributed by atoms with Crippen LogP contribution in [0.2, 0.25) is 0 Å². The number of fused-ring (bicyclic) bond motifs is 2. The van der Waals surface area contributed by atoms with Gasteiger partial charge in [-0.25, -0.2) is 4.98 Å². The fourth-order valence-electron chi connectivity index (χ4n) is 4.44. The Morgan fingerprint density at radius 2 is 1.73 bits per heavy atom. The zero-order valence-corrected chi connectivity index (χ0v) is 18.3. The average Bonchev–Trinajstić information content (AvgIpc) is 3.27. The second-order valence-electron chi connectivity index (χ2n) is 8.32. The molecule has 7 nitrogen and oxygen atoms in total. The summed E-state index contributed by atoms with van der Waals surface area (Å²) in [5.74, 6) is 0.591. The highest BCUT2D eigenvalue weighted by Gasteiger charge is 2.11. The normalized spacial score (nSPS) is 14.1. The molecular formula is C26H25N7. The van der Waals surface area contributed by atoms with Crippen molar-refractivity contribution >= 4 is 39.3 Å². The van der Waals surface area contributed by atoms with Crippen LogP contribution in [-0.2, 0) is 6.54 Å². The first-order valence-electron chi connectivity index (χ1n) is 11.3. The molecule has 0 radical (unpaired) electrons. The second kappa shape index (κ2) is 8.52. The van der Waals surface area contributed by atoms with E-state index in [0.717, 1.165) is 53.8 Å². The number of nitrogens with one attached hydrogen (secondary N) is 2. The Kier molecular flexibility index (Phi) is 5.08. The molecule has 2 N–H and O–H groups in total. The van der Waals surface area contributed by atoms with E-state index in [1.165, 1.54) is 11.3 Å². The van der Waals surface area contributed by atoms with Crippen LogP contribution in [0.4, 0.5) is 17.3 Å². The minimum absolute atomic E-state index is 0.591. The van der Waals surface area contributed by atoms with Gasteiger partial charge in [-0.15, -0.1) is 0 Å². The molecule has 0 amide bonds. The summed E-state index contributed by atoms with van der Waals surface area (Å²) in [6.07, 6.45) is 5.78. The first-order valence-corrected chi connectivity index (χ1v) is 11.3. The van der Waals surface area contributed by atoms with Gasteiger partial charge in [0.2, 0.25) is 5.95 Å². The Bertz CT molecular complexity index is 1400. The fourth-order valence-corrected chi connectivity index (χ4v) is 4.44. The van der Waals surface area contributed by atoms with Gasteiger partial charge in [-0.3, -0.25) is 4.98 Å². The molecule has 4 heterocycles. The Hall–Kier alpha value is -3.97. The molecule has 0 spiro atoms. The number of anilines is 3. The van der Waals surface area contributed by atoms with Crippen molar-refractivity contribution in [3.05, 3.63) is 84.8 Å². The van der Waals surface area contributed by atoms with Crippen LogP contribution >= 0.6 is 0 Å². The summed E-state index contributed by atoms with van der Waals surface area (Å²) >= 11 is 0. The zero-order chi connectivity index (χ0) is 22.0. The highest BCUT2D eigenvalue weighted by atomic mass is 15.2. The lowest BCUT2D eigenvalue weighted by molar-refractivity contribution is 0.589. The molecule has 0 saturated carbocycles. The van der Waals surface area contributed by atoms with E-state index in [9.17, 15) is 0 Å². The van der Waals surface area contributed by atoms with Crippen molar-refractivity contribution in [2.24, 2.45) is 0 Å². The van der Waals surface area contributed by atoms with E-state index in [-0.39, 0.29) is 0 Å². The molecule has 6 rings (SSSR count). The Balaban J connectivity index is 1.25. The van der Waals surface area contributed by atoms with Crippen molar-refractivity contribution in [3.63, 3.8) is 0 Å². The van der Waals surface area contributed by atoms with Crippen LogP contribution in [0.1, 0.15) is 5.56 Å². The van der Waals surface area contributed by atoms with Crippen LogP contribution in [0, 0.1) is 0 Å². The molecule has 0 aliphatic carbocycles. The Morgan fingerprint density at radius 3 is 2.61 bits per heavy atom. The van der Waals surface area contributed by atoms with Gasteiger partial charge in [-0.2, -0.15) is 4.98 Å². The minimum Gasteiger partial charge on any atom is -0.369 e. The van der Waals surface area contributed by atoms with Gasteiger partial charge < -0.3 is 20.1 Å². The monoisotopic (exact) mass is 435 g/mol. The Labute approximate surface area is 192 Å². The van der Waals surface area contributed by atoms with Crippen molar-refractivity contribution in [3.8, 4) is 0 Å². The van der Waals surface area contributed by atoms with Crippen molar-refractivity contribution in [1.29, 1.82) is 0 Å². The van der Waals surface area contributed by atoms with Crippen LogP contribution in [0.3, 0.4) is 0 Å². The van der Waals surface area contributed by atoms with E-state index in [1.807, 2.05) is 18.5 Å². The summed E-state index contributed by atoms with van der Waals surface area (Å²) < 4.78 is 2.15. The third kappa shape index (κ3) is 3.99. The predicted molar refractivity (Wildman–Crippen MR) is 133 cm³/mol. The van der Waals surface area contributed by atoms with Gasteiger partial charge in [0.25, 0.3) is 0 Å². The largest absolute Gasteiger partial charge is 0.369 e. The number of aromatic nitrogens is 4. The molecule has 7 heteroatoms. The van der Waals surface area contributed by atoms with Crippen LogP contribution in [0.15, 0.2) is 79.3 Å². The third-order valence-corrected chi connectivity index (χ3v) is 6.16. The van der Waals surface area contributed by atoms with Gasteiger partial charge in [0.1, 0.15) is 5.65 Å². The quantitative estimate of drug-likeness (QED) is 0.432. The van der Waals surface area contributed by atoms with E-state index in [4.69, 9.17) is 4.98 Å². The first-order chi connectivity index (χ1) is 16.3. The van der Waals surface area contributed by atoms with Gasteiger partial charge in [-0.05, 0) is 42.0 Å². The number of nitrogens with zero attached hydrogens (tertiary/aromatic N) is 5. The number of hydrogen-bond acceptors (Lipinski definition) is 6. The second-order valence-corrected chi connectivity index (χ2v) is 8.32. The minimum atomic E-state index is 0.591. The molecule has 1 fully saturated rings. The third-order valence-electron chi connectivity index (χ3n) is 6.16. The van der Waals surface area contributed by atoms with Crippen LogP contribution in [0.25, 0.3) is 21.9 Å². The van der Waals surface area contributed by atoms with E-state index >= 15 is 0 Å². The molecule has 0 atom stereocenters. The number of benzene rings is 2. The van der Waals surface area contributed by atoms with E-state index < -0.39 is 0 Å². The molecule has 5 aromatic rings.